The van der Waals surface area contributed by atoms with Gasteiger partial charge in [-0.15, -0.1) is 0 Å². The van der Waals surface area contributed by atoms with E-state index in [4.69, 9.17) is 5.73 Å². The van der Waals surface area contributed by atoms with Crippen LogP contribution in [0.5, 0.6) is 0 Å². The molecular formula is C16H23FN2. The van der Waals surface area contributed by atoms with Crippen molar-refractivity contribution in [1.29, 1.82) is 0 Å². The third-order valence-electron chi connectivity index (χ3n) is 3.30. The van der Waals surface area contributed by atoms with Crippen molar-refractivity contribution in [3.05, 3.63) is 35.1 Å². The third-order valence-corrected chi connectivity index (χ3v) is 3.30. The lowest BCUT2D eigenvalue weighted by Gasteiger charge is -2.27. The average Bonchev–Trinajstić information content (AvgIpc) is 2.41. The van der Waals surface area contributed by atoms with Gasteiger partial charge in [0.1, 0.15) is 5.82 Å². The van der Waals surface area contributed by atoms with Gasteiger partial charge in [0, 0.05) is 18.2 Å². The van der Waals surface area contributed by atoms with Crippen molar-refractivity contribution < 1.29 is 4.39 Å². The Labute approximate surface area is 115 Å². The highest BCUT2D eigenvalue weighted by Crippen LogP contribution is 2.14. The van der Waals surface area contributed by atoms with E-state index in [2.05, 4.69) is 37.5 Å². The van der Waals surface area contributed by atoms with Gasteiger partial charge in [0.15, 0.2) is 0 Å². The van der Waals surface area contributed by atoms with Crippen LogP contribution in [-0.4, -0.2) is 24.0 Å². The number of nitrogens with two attached hydrogens (primary N) is 1. The van der Waals surface area contributed by atoms with Crippen LogP contribution < -0.4 is 5.73 Å². The normalized spacial score (nSPS) is 12.1. The Balaban J connectivity index is 2.91. The molecule has 0 aliphatic carbocycles. The quantitative estimate of drug-likeness (QED) is 0.827. The zero-order chi connectivity index (χ0) is 14.3. The minimum atomic E-state index is -0.237. The van der Waals surface area contributed by atoms with E-state index in [9.17, 15) is 4.39 Å². The Morgan fingerprint density at radius 1 is 1.32 bits per heavy atom. The predicted octanol–water partition coefficient (Wildman–Crippen LogP) is 2.76. The molecule has 0 spiro atoms. The smallest absolute Gasteiger partial charge is 0.124 e. The van der Waals surface area contributed by atoms with Crippen LogP contribution in [0.25, 0.3) is 0 Å². The van der Waals surface area contributed by atoms with Gasteiger partial charge in [-0.3, -0.25) is 4.90 Å². The fraction of sp³-hybridized carbons (Fsp3) is 0.500. The summed E-state index contributed by atoms with van der Waals surface area (Å²) in [5.41, 5.74) is 6.99. The number of benzene rings is 1. The van der Waals surface area contributed by atoms with E-state index in [-0.39, 0.29) is 5.82 Å². The maximum absolute atomic E-state index is 13.6. The lowest BCUT2D eigenvalue weighted by molar-refractivity contribution is 0.206. The van der Waals surface area contributed by atoms with Crippen LogP contribution in [0.4, 0.5) is 4.39 Å². The third kappa shape index (κ3) is 5.02. The predicted molar refractivity (Wildman–Crippen MR) is 78.2 cm³/mol. The molecule has 0 saturated carbocycles. The summed E-state index contributed by atoms with van der Waals surface area (Å²) in [4.78, 5) is 2.33. The largest absolute Gasteiger partial charge is 0.320 e. The molecule has 0 radical (unpaired) electrons. The molecule has 1 aromatic carbocycles. The number of hydrogen-bond donors (Lipinski definition) is 1. The first-order valence-electron chi connectivity index (χ1n) is 6.83. The fourth-order valence-electron chi connectivity index (χ4n) is 2.04. The van der Waals surface area contributed by atoms with E-state index in [0.29, 0.717) is 18.2 Å². The molecule has 1 unspecified atom stereocenters. The molecule has 3 heteroatoms. The molecule has 104 valence electrons. The number of halogens is 1. The molecule has 1 aromatic rings. The van der Waals surface area contributed by atoms with E-state index >= 15 is 0 Å². The van der Waals surface area contributed by atoms with Crippen LogP contribution >= 0.6 is 0 Å². The molecule has 2 nitrogen and oxygen atoms in total. The molecule has 0 aliphatic heterocycles. The van der Waals surface area contributed by atoms with Gasteiger partial charge in [-0.05, 0) is 43.7 Å². The van der Waals surface area contributed by atoms with Crippen molar-refractivity contribution in [1.82, 2.24) is 4.90 Å². The SMILES string of the molecule is CCC(C)N(CC)Cc1cc(F)cc(C#CCN)c1. The minimum Gasteiger partial charge on any atom is -0.320 e. The zero-order valence-electron chi connectivity index (χ0n) is 12.0. The second kappa shape index (κ2) is 7.93. The van der Waals surface area contributed by atoms with Crippen molar-refractivity contribution in [2.45, 2.75) is 39.8 Å². The molecular weight excluding hydrogens is 239 g/mol. The standard InChI is InChI=1S/C16H23FN2/c1-4-13(3)19(5-2)12-15-9-14(7-6-8-18)10-16(17)11-15/h9-11,13H,4-5,8,12,18H2,1-3H3. The van der Waals surface area contributed by atoms with Crippen LogP contribution in [-0.2, 0) is 6.54 Å². The van der Waals surface area contributed by atoms with Crippen LogP contribution in [0.1, 0.15) is 38.3 Å². The summed E-state index contributed by atoms with van der Waals surface area (Å²) in [6.45, 7) is 8.48. The van der Waals surface area contributed by atoms with E-state index in [0.717, 1.165) is 25.1 Å². The number of hydrogen-bond acceptors (Lipinski definition) is 2. The first kappa shape index (κ1) is 15.7. The maximum atomic E-state index is 13.6. The summed E-state index contributed by atoms with van der Waals surface area (Å²) >= 11 is 0. The van der Waals surface area contributed by atoms with Gasteiger partial charge in [0.05, 0.1) is 6.54 Å². The van der Waals surface area contributed by atoms with Gasteiger partial charge in [0.2, 0.25) is 0 Å². The summed E-state index contributed by atoms with van der Waals surface area (Å²) in [7, 11) is 0. The highest BCUT2D eigenvalue weighted by molar-refractivity contribution is 5.38. The van der Waals surface area contributed by atoms with Crippen LogP contribution in [0.2, 0.25) is 0 Å². The molecule has 0 saturated heterocycles. The van der Waals surface area contributed by atoms with Crippen molar-refractivity contribution in [3.63, 3.8) is 0 Å². The van der Waals surface area contributed by atoms with Crippen LogP contribution in [0.3, 0.4) is 0 Å². The summed E-state index contributed by atoms with van der Waals surface area (Å²) in [5, 5.41) is 0. The van der Waals surface area contributed by atoms with Gasteiger partial charge in [0.25, 0.3) is 0 Å². The Hall–Kier alpha value is -1.37. The van der Waals surface area contributed by atoms with E-state index < -0.39 is 0 Å². The molecule has 19 heavy (non-hydrogen) atoms. The summed E-state index contributed by atoms with van der Waals surface area (Å²) < 4.78 is 13.6. The average molecular weight is 262 g/mol. The van der Waals surface area contributed by atoms with Crippen molar-refractivity contribution in [3.8, 4) is 11.8 Å². The van der Waals surface area contributed by atoms with E-state index in [1.54, 1.807) is 6.07 Å². The summed E-state index contributed by atoms with van der Waals surface area (Å²) in [5.74, 6) is 5.41. The molecule has 2 N–H and O–H groups in total. The molecule has 0 amide bonds. The van der Waals surface area contributed by atoms with Crippen LogP contribution in [0.15, 0.2) is 18.2 Å². The molecule has 1 atom stereocenters. The van der Waals surface area contributed by atoms with Crippen LogP contribution in [0, 0.1) is 17.7 Å². The summed E-state index contributed by atoms with van der Waals surface area (Å²) in [6, 6.07) is 5.47. The lowest BCUT2D eigenvalue weighted by atomic mass is 10.1. The topological polar surface area (TPSA) is 29.3 Å². The van der Waals surface area contributed by atoms with Gasteiger partial charge in [-0.1, -0.05) is 25.7 Å². The molecule has 0 aliphatic rings. The molecule has 0 heterocycles. The Morgan fingerprint density at radius 3 is 2.63 bits per heavy atom. The second-order valence-corrected chi connectivity index (χ2v) is 4.67. The summed E-state index contributed by atoms with van der Waals surface area (Å²) in [6.07, 6.45) is 1.09. The van der Waals surface area contributed by atoms with Gasteiger partial charge in [-0.2, -0.15) is 0 Å². The van der Waals surface area contributed by atoms with Gasteiger partial charge < -0.3 is 5.73 Å². The fourth-order valence-corrected chi connectivity index (χ4v) is 2.04. The monoisotopic (exact) mass is 262 g/mol. The minimum absolute atomic E-state index is 0.237. The lowest BCUT2D eigenvalue weighted by Crippen LogP contribution is -2.31. The Kier molecular flexibility index (Phi) is 6.55. The molecule has 0 bridgehead atoms. The van der Waals surface area contributed by atoms with E-state index in [1.165, 1.54) is 6.07 Å². The van der Waals surface area contributed by atoms with Gasteiger partial charge >= 0.3 is 0 Å². The maximum Gasteiger partial charge on any atom is 0.124 e. The second-order valence-electron chi connectivity index (χ2n) is 4.67. The van der Waals surface area contributed by atoms with E-state index in [1.807, 2.05) is 6.07 Å². The molecule has 0 fully saturated rings. The first-order valence-corrected chi connectivity index (χ1v) is 6.83. The van der Waals surface area contributed by atoms with Crippen molar-refractivity contribution >= 4 is 0 Å². The first-order chi connectivity index (χ1) is 9.10. The van der Waals surface area contributed by atoms with Crippen molar-refractivity contribution in [2.24, 2.45) is 5.73 Å². The highest BCUT2D eigenvalue weighted by atomic mass is 19.1. The zero-order valence-corrected chi connectivity index (χ0v) is 12.0. The molecule has 0 aromatic heterocycles. The molecule has 1 rings (SSSR count). The number of rotatable bonds is 5. The Morgan fingerprint density at radius 2 is 2.05 bits per heavy atom. The highest BCUT2D eigenvalue weighted by Gasteiger charge is 2.11. The number of nitrogens with zero attached hydrogens (tertiary/aromatic N) is 1. The van der Waals surface area contributed by atoms with Crippen molar-refractivity contribution in [2.75, 3.05) is 13.1 Å². The Bertz CT molecular complexity index is 460. The van der Waals surface area contributed by atoms with Gasteiger partial charge in [-0.25, -0.2) is 4.39 Å².